The van der Waals surface area contributed by atoms with Crippen LogP contribution in [0.4, 0.5) is 5.69 Å². The first kappa shape index (κ1) is 16.8. The Kier molecular flexibility index (Phi) is 5.37. The molecule has 0 bridgehead atoms. The van der Waals surface area contributed by atoms with E-state index in [1.54, 1.807) is 23.5 Å². The van der Waals surface area contributed by atoms with Gasteiger partial charge in [0.15, 0.2) is 0 Å². The number of nitrogens with zero attached hydrogens (tertiary/aromatic N) is 2. The number of hydrogen-bond acceptors (Lipinski definition) is 5. The van der Waals surface area contributed by atoms with E-state index < -0.39 is 0 Å². The summed E-state index contributed by atoms with van der Waals surface area (Å²) in [6.45, 7) is 5.96. The Bertz CT molecular complexity index is 649. The number of nitrogens with one attached hydrogen (secondary N) is 1. The van der Waals surface area contributed by atoms with Crippen molar-refractivity contribution >= 4 is 22.9 Å². The second-order valence-electron chi connectivity index (χ2n) is 6.08. The predicted molar refractivity (Wildman–Crippen MR) is 97.6 cm³/mol. The fourth-order valence-corrected chi connectivity index (χ4v) is 3.66. The van der Waals surface area contributed by atoms with Gasteiger partial charge in [0.2, 0.25) is 5.91 Å². The van der Waals surface area contributed by atoms with E-state index >= 15 is 0 Å². The summed E-state index contributed by atoms with van der Waals surface area (Å²) in [4.78, 5) is 17.9. The molecule has 0 spiro atoms. The van der Waals surface area contributed by atoms with Crippen LogP contribution in [-0.2, 0) is 4.79 Å². The number of amides is 1. The number of aromatic hydroxyl groups is 1. The number of rotatable bonds is 5. The summed E-state index contributed by atoms with van der Waals surface area (Å²) in [5.41, 5.74) is 1.11. The molecule has 0 aliphatic carbocycles. The average Bonchev–Trinajstić information content (AvgIpc) is 3.11. The van der Waals surface area contributed by atoms with Crippen LogP contribution in [0.3, 0.4) is 0 Å². The number of hydrogen-bond donors (Lipinski definition) is 2. The van der Waals surface area contributed by atoms with Crippen LogP contribution in [0.15, 0.2) is 41.8 Å². The van der Waals surface area contributed by atoms with Crippen molar-refractivity contribution in [2.24, 2.45) is 0 Å². The number of phenols is 1. The number of carbonyl (C=O) groups is 1. The Balaban J connectivity index is 1.45. The third-order valence-corrected chi connectivity index (χ3v) is 5.36. The molecule has 3 rings (SSSR count). The van der Waals surface area contributed by atoms with E-state index in [4.69, 9.17) is 0 Å². The van der Waals surface area contributed by atoms with E-state index in [0.29, 0.717) is 6.54 Å². The molecule has 1 atom stereocenters. The van der Waals surface area contributed by atoms with Gasteiger partial charge in [-0.2, -0.15) is 0 Å². The minimum atomic E-state index is 0.0655. The Morgan fingerprint density at radius 1 is 1.21 bits per heavy atom. The molecule has 1 aromatic carbocycles. The molecule has 2 aromatic rings. The van der Waals surface area contributed by atoms with Gasteiger partial charge in [0, 0.05) is 36.7 Å². The molecule has 5 nitrogen and oxygen atoms in total. The average molecular weight is 345 g/mol. The number of thiophene rings is 1. The van der Waals surface area contributed by atoms with Crippen LogP contribution in [0.2, 0.25) is 0 Å². The number of piperazine rings is 1. The Hall–Kier alpha value is -2.05. The highest BCUT2D eigenvalue weighted by Crippen LogP contribution is 2.20. The first-order chi connectivity index (χ1) is 11.6. The van der Waals surface area contributed by atoms with Gasteiger partial charge in [0.05, 0.1) is 12.6 Å². The summed E-state index contributed by atoms with van der Waals surface area (Å²) < 4.78 is 0. The summed E-state index contributed by atoms with van der Waals surface area (Å²) in [5, 5.41) is 14.5. The van der Waals surface area contributed by atoms with Crippen molar-refractivity contribution in [3.05, 3.63) is 46.7 Å². The van der Waals surface area contributed by atoms with Crippen molar-refractivity contribution in [3.63, 3.8) is 0 Å². The molecule has 128 valence electrons. The fourth-order valence-electron chi connectivity index (χ4n) is 2.93. The van der Waals surface area contributed by atoms with Crippen LogP contribution in [0.5, 0.6) is 5.75 Å². The molecule has 0 radical (unpaired) electrons. The topological polar surface area (TPSA) is 55.8 Å². The van der Waals surface area contributed by atoms with Gasteiger partial charge < -0.3 is 15.3 Å². The molecule has 6 heteroatoms. The van der Waals surface area contributed by atoms with E-state index in [-0.39, 0.29) is 17.7 Å². The molecular formula is C18H23N3O2S. The highest BCUT2D eigenvalue weighted by molar-refractivity contribution is 7.10. The lowest BCUT2D eigenvalue weighted by Gasteiger charge is -2.35. The van der Waals surface area contributed by atoms with E-state index in [1.807, 2.05) is 36.6 Å². The summed E-state index contributed by atoms with van der Waals surface area (Å²) in [6, 6.07) is 11.4. The van der Waals surface area contributed by atoms with Crippen molar-refractivity contribution in [1.82, 2.24) is 10.2 Å². The summed E-state index contributed by atoms with van der Waals surface area (Å²) >= 11 is 1.67. The van der Waals surface area contributed by atoms with Gasteiger partial charge in [-0.25, -0.2) is 0 Å². The highest BCUT2D eigenvalue weighted by atomic mass is 32.1. The van der Waals surface area contributed by atoms with E-state index in [9.17, 15) is 9.90 Å². The molecule has 1 fully saturated rings. The molecule has 2 heterocycles. The standard InChI is InChI=1S/C18H23N3O2S/c1-14(17-3-2-12-24-17)19-18(23)13-20-8-10-21(11-9-20)15-4-6-16(22)7-5-15/h2-7,12,14,22H,8-11,13H2,1H3,(H,19,23)/t14-/m1/s1. The molecule has 2 N–H and O–H groups in total. The second-order valence-corrected chi connectivity index (χ2v) is 7.06. The van der Waals surface area contributed by atoms with Gasteiger partial charge in [0.25, 0.3) is 0 Å². The molecule has 1 aromatic heterocycles. The summed E-state index contributed by atoms with van der Waals surface area (Å²) in [7, 11) is 0. The third kappa shape index (κ3) is 4.27. The first-order valence-corrected chi connectivity index (χ1v) is 9.09. The van der Waals surface area contributed by atoms with Crippen LogP contribution in [0.1, 0.15) is 17.8 Å². The van der Waals surface area contributed by atoms with Crippen molar-refractivity contribution in [3.8, 4) is 5.75 Å². The number of benzene rings is 1. The van der Waals surface area contributed by atoms with Gasteiger partial charge >= 0.3 is 0 Å². The maximum absolute atomic E-state index is 12.2. The quantitative estimate of drug-likeness (QED) is 0.874. The lowest BCUT2D eigenvalue weighted by atomic mass is 10.2. The van der Waals surface area contributed by atoms with E-state index in [2.05, 4.69) is 15.1 Å². The molecule has 1 amide bonds. The van der Waals surface area contributed by atoms with Crippen LogP contribution in [-0.4, -0.2) is 48.6 Å². The maximum Gasteiger partial charge on any atom is 0.234 e. The largest absolute Gasteiger partial charge is 0.508 e. The van der Waals surface area contributed by atoms with Crippen LogP contribution in [0.25, 0.3) is 0 Å². The Labute approximate surface area is 146 Å². The molecule has 1 aliphatic rings. The molecular weight excluding hydrogens is 322 g/mol. The van der Waals surface area contributed by atoms with Crippen molar-refractivity contribution in [1.29, 1.82) is 0 Å². The summed E-state index contributed by atoms with van der Waals surface area (Å²) in [5.74, 6) is 0.364. The Morgan fingerprint density at radius 3 is 2.54 bits per heavy atom. The molecule has 1 aliphatic heterocycles. The van der Waals surface area contributed by atoms with Crippen LogP contribution in [0, 0.1) is 0 Å². The lowest BCUT2D eigenvalue weighted by molar-refractivity contribution is -0.122. The van der Waals surface area contributed by atoms with Gasteiger partial charge in [0.1, 0.15) is 5.75 Å². The van der Waals surface area contributed by atoms with Gasteiger partial charge in [-0.05, 0) is 42.6 Å². The predicted octanol–water partition coefficient (Wildman–Crippen LogP) is 2.45. The van der Waals surface area contributed by atoms with E-state index in [0.717, 1.165) is 31.9 Å². The second kappa shape index (κ2) is 7.68. The summed E-state index contributed by atoms with van der Waals surface area (Å²) in [6.07, 6.45) is 0. The normalized spacial score (nSPS) is 16.8. The highest BCUT2D eigenvalue weighted by Gasteiger charge is 2.20. The van der Waals surface area contributed by atoms with Crippen molar-refractivity contribution in [2.45, 2.75) is 13.0 Å². The van der Waals surface area contributed by atoms with Crippen molar-refractivity contribution in [2.75, 3.05) is 37.6 Å². The zero-order chi connectivity index (χ0) is 16.9. The smallest absolute Gasteiger partial charge is 0.234 e. The minimum Gasteiger partial charge on any atom is -0.508 e. The van der Waals surface area contributed by atoms with Gasteiger partial charge in [-0.1, -0.05) is 6.07 Å². The molecule has 24 heavy (non-hydrogen) atoms. The van der Waals surface area contributed by atoms with Crippen LogP contribution < -0.4 is 10.2 Å². The number of anilines is 1. The third-order valence-electron chi connectivity index (χ3n) is 4.30. The molecule has 1 saturated heterocycles. The van der Waals surface area contributed by atoms with E-state index in [1.165, 1.54) is 4.88 Å². The zero-order valence-corrected chi connectivity index (χ0v) is 14.6. The maximum atomic E-state index is 12.2. The lowest BCUT2D eigenvalue weighted by Crippen LogP contribution is -2.49. The molecule has 0 unspecified atom stereocenters. The fraction of sp³-hybridized carbons (Fsp3) is 0.389. The van der Waals surface area contributed by atoms with Gasteiger partial charge in [-0.3, -0.25) is 9.69 Å². The Morgan fingerprint density at radius 2 is 1.92 bits per heavy atom. The van der Waals surface area contributed by atoms with Crippen molar-refractivity contribution < 1.29 is 9.90 Å². The number of phenolic OH excluding ortho intramolecular Hbond substituents is 1. The van der Waals surface area contributed by atoms with Crippen LogP contribution >= 0.6 is 11.3 Å². The molecule has 0 saturated carbocycles. The van der Waals surface area contributed by atoms with Gasteiger partial charge in [-0.15, -0.1) is 11.3 Å². The number of carbonyl (C=O) groups excluding carboxylic acids is 1. The SMILES string of the molecule is C[C@@H](NC(=O)CN1CCN(c2ccc(O)cc2)CC1)c1cccs1. The first-order valence-electron chi connectivity index (χ1n) is 8.21. The monoisotopic (exact) mass is 345 g/mol. The zero-order valence-electron chi connectivity index (χ0n) is 13.8. The minimum absolute atomic E-state index is 0.0655.